The summed E-state index contributed by atoms with van der Waals surface area (Å²) in [7, 11) is 1.89. The molecule has 0 radical (unpaired) electrons. The Morgan fingerprint density at radius 2 is 1.92 bits per heavy atom. The molecule has 0 bridgehead atoms. The monoisotopic (exact) mass is 365 g/mol. The quantitative estimate of drug-likeness (QED) is 0.267. The van der Waals surface area contributed by atoms with Crippen LogP contribution in [0.15, 0.2) is 42.5 Å². The Bertz CT molecular complexity index is 836. The molecule has 2 aromatic rings. The molecule has 2 rings (SSSR count). The highest BCUT2D eigenvalue weighted by molar-refractivity contribution is 7.79. The first-order chi connectivity index (χ1) is 12.5. The van der Waals surface area contributed by atoms with Crippen molar-refractivity contribution in [1.29, 1.82) is 16.2 Å². The largest absolute Gasteiger partial charge is 0.398 e. The van der Waals surface area contributed by atoms with Gasteiger partial charge in [-0.25, -0.2) is 0 Å². The molecule has 26 heavy (non-hydrogen) atoms. The van der Waals surface area contributed by atoms with E-state index in [1.54, 1.807) is 18.2 Å². The zero-order valence-corrected chi connectivity index (χ0v) is 15.5. The van der Waals surface area contributed by atoms with Crippen molar-refractivity contribution >= 4 is 40.9 Å². The Labute approximate surface area is 159 Å². The molecule has 0 heterocycles. The third-order valence-corrected chi connectivity index (χ3v) is 4.41. The number of thiocarbonyl (C=S) groups is 1. The molecule has 0 aliphatic rings. The van der Waals surface area contributed by atoms with Crippen LogP contribution in [-0.4, -0.2) is 30.1 Å². The maximum Gasteiger partial charge on any atom is 0.0844 e. The molecule has 134 valence electrons. The second kappa shape index (κ2) is 9.12. The van der Waals surface area contributed by atoms with Gasteiger partial charge in [-0.3, -0.25) is 5.41 Å². The topological polar surface area (TPSA) is 110 Å². The van der Waals surface area contributed by atoms with Crippen LogP contribution in [0.4, 0.5) is 5.69 Å². The van der Waals surface area contributed by atoms with Crippen LogP contribution in [0, 0.1) is 16.2 Å². The van der Waals surface area contributed by atoms with Gasteiger partial charge < -0.3 is 21.9 Å². The van der Waals surface area contributed by atoms with Crippen LogP contribution in [0.5, 0.6) is 0 Å². The summed E-state index contributed by atoms with van der Waals surface area (Å²) in [5.41, 5.74) is 10.2. The van der Waals surface area contributed by atoms with Gasteiger partial charge in [0.25, 0.3) is 0 Å². The Morgan fingerprint density at radius 3 is 2.58 bits per heavy atom. The smallest absolute Gasteiger partial charge is 0.0844 e. The number of nitrogens with two attached hydrogens (primary N) is 1. The van der Waals surface area contributed by atoms with Crippen LogP contribution in [0.2, 0.25) is 0 Å². The number of nitrogens with one attached hydrogen (secondary N) is 4. The van der Waals surface area contributed by atoms with Gasteiger partial charge in [-0.2, -0.15) is 0 Å². The standard InChI is InChI=1S/C20H23N5S/c1-25-11-14-4-2-3-13(7-14)8-19(23)20(24)17-9-15(5-6-18(17)22)16(10-21)12-26/h2-7,9-10,12,16,21,23-25H,8,11,22H2,1H3. The van der Waals surface area contributed by atoms with E-state index in [4.69, 9.17) is 34.2 Å². The van der Waals surface area contributed by atoms with Gasteiger partial charge in [0.2, 0.25) is 0 Å². The van der Waals surface area contributed by atoms with E-state index in [2.05, 4.69) is 5.32 Å². The summed E-state index contributed by atoms with van der Waals surface area (Å²) in [6.45, 7) is 0.760. The molecule has 0 aromatic heterocycles. The second-order valence-corrected chi connectivity index (χ2v) is 6.33. The highest BCUT2D eigenvalue weighted by Crippen LogP contribution is 2.21. The first-order valence-corrected chi connectivity index (χ1v) is 8.71. The second-order valence-electron chi connectivity index (χ2n) is 6.06. The van der Waals surface area contributed by atoms with Crippen molar-refractivity contribution in [3.05, 3.63) is 64.7 Å². The lowest BCUT2D eigenvalue weighted by Gasteiger charge is -2.13. The molecule has 6 heteroatoms. The van der Waals surface area contributed by atoms with Gasteiger partial charge in [-0.05, 0) is 41.2 Å². The highest BCUT2D eigenvalue weighted by atomic mass is 32.1. The molecule has 2 aromatic carbocycles. The summed E-state index contributed by atoms with van der Waals surface area (Å²) in [6.07, 6.45) is 1.62. The average molecular weight is 366 g/mol. The summed E-state index contributed by atoms with van der Waals surface area (Å²) in [4.78, 5) is 0. The molecular formula is C20H23N5S. The van der Waals surface area contributed by atoms with Crippen LogP contribution >= 0.6 is 12.2 Å². The Morgan fingerprint density at radius 1 is 1.19 bits per heavy atom. The molecule has 0 fully saturated rings. The number of benzene rings is 2. The van der Waals surface area contributed by atoms with E-state index in [1.807, 2.05) is 31.3 Å². The normalized spacial score (nSPS) is 11.6. The van der Waals surface area contributed by atoms with Gasteiger partial charge in [-0.1, -0.05) is 42.5 Å². The third-order valence-electron chi connectivity index (χ3n) is 4.11. The zero-order valence-electron chi connectivity index (χ0n) is 14.7. The molecule has 1 atom stereocenters. The molecule has 5 nitrogen and oxygen atoms in total. The van der Waals surface area contributed by atoms with E-state index in [1.165, 1.54) is 11.6 Å². The Balaban J connectivity index is 2.23. The van der Waals surface area contributed by atoms with Crippen molar-refractivity contribution in [2.45, 2.75) is 18.9 Å². The predicted octanol–water partition coefficient (Wildman–Crippen LogP) is 3.35. The van der Waals surface area contributed by atoms with Crippen molar-refractivity contribution in [2.75, 3.05) is 12.8 Å². The summed E-state index contributed by atoms with van der Waals surface area (Å²) in [5, 5.41) is 28.8. The molecule has 0 saturated heterocycles. The lowest BCUT2D eigenvalue weighted by molar-refractivity contribution is 0.816. The van der Waals surface area contributed by atoms with E-state index < -0.39 is 0 Å². The SMILES string of the molecule is CNCc1cccc(CC(=N)C(=N)c2cc(C(C=N)C=S)ccc2N)c1. The maximum atomic E-state index is 8.40. The summed E-state index contributed by atoms with van der Waals surface area (Å²) >= 11 is 4.96. The van der Waals surface area contributed by atoms with Crippen LogP contribution < -0.4 is 11.1 Å². The lowest BCUT2D eigenvalue weighted by atomic mass is 9.93. The summed E-state index contributed by atoms with van der Waals surface area (Å²) in [6, 6.07) is 13.2. The fraction of sp³-hybridized carbons (Fsp3) is 0.200. The lowest BCUT2D eigenvalue weighted by Crippen LogP contribution is -2.18. The Hall–Kier alpha value is -2.70. The van der Waals surface area contributed by atoms with E-state index in [-0.39, 0.29) is 17.3 Å². The first-order valence-electron chi connectivity index (χ1n) is 8.24. The molecule has 0 amide bonds. The summed E-state index contributed by atoms with van der Waals surface area (Å²) in [5.74, 6) is -0.301. The number of hydrogen-bond acceptors (Lipinski definition) is 6. The van der Waals surface area contributed by atoms with Crippen LogP contribution in [0.25, 0.3) is 0 Å². The van der Waals surface area contributed by atoms with E-state index in [0.717, 1.165) is 23.2 Å². The molecule has 0 aliphatic carbocycles. The number of hydrogen-bond donors (Lipinski definition) is 5. The molecule has 0 spiro atoms. The van der Waals surface area contributed by atoms with Gasteiger partial charge in [0.05, 0.1) is 11.4 Å². The van der Waals surface area contributed by atoms with Crippen LogP contribution in [0.1, 0.15) is 28.2 Å². The van der Waals surface area contributed by atoms with Gasteiger partial charge in [0.15, 0.2) is 0 Å². The van der Waals surface area contributed by atoms with Gasteiger partial charge in [-0.15, -0.1) is 0 Å². The van der Waals surface area contributed by atoms with E-state index >= 15 is 0 Å². The fourth-order valence-electron chi connectivity index (χ4n) is 2.72. The number of rotatable bonds is 9. The van der Waals surface area contributed by atoms with Crippen molar-refractivity contribution in [1.82, 2.24) is 5.32 Å². The highest BCUT2D eigenvalue weighted by Gasteiger charge is 2.15. The molecular weight excluding hydrogens is 342 g/mol. The van der Waals surface area contributed by atoms with E-state index in [0.29, 0.717) is 17.7 Å². The zero-order chi connectivity index (χ0) is 19.1. The molecule has 1 unspecified atom stereocenters. The summed E-state index contributed by atoms with van der Waals surface area (Å²) < 4.78 is 0. The number of anilines is 1. The minimum Gasteiger partial charge on any atom is -0.398 e. The van der Waals surface area contributed by atoms with Gasteiger partial charge in [0, 0.05) is 36.3 Å². The predicted molar refractivity (Wildman–Crippen MR) is 113 cm³/mol. The Kier molecular flexibility index (Phi) is 6.89. The molecule has 0 saturated carbocycles. The third kappa shape index (κ3) is 4.68. The number of nitrogen functional groups attached to an aromatic ring is 1. The maximum absolute atomic E-state index is 8.40. The average Bonchev–Trinajstić information content (AvgIpc) is 2.64. The van der Waals surface area contributed by atoms with E-state index in [9.17, 15) is 0 Å². The van der Waals surface area contributed by atoms with Crippen molar-refractivity contribution in [3.63, 3.8) is 0 Å². The fourth-order valence-corrected chi connectivity index (χ4v) is 2.96. The first kappa shape index (κ1) is 19.6. The molecule has 6 N–H and O–H groups in total. The van der Waals surface area contributed by atoms with Crippen molar-refractivity contribution in [2.24, 2.45) is 0 Å². The molecule has 0 aliphatic heterocycles. The van der Waals surface area contributed by atoms with Crippen LogP contribution in [-0.2, 0) is 13.0 Å². The van der Waals surface area contributed by atoms with Crippen molar-refractivity contribution < 1.29 is 0 Å². The van der Waals surface area contributed by atoms with Crippen LogP contribution in [0.3, 0.4) is 0 Å². The minimum atomic E-state index is -0.301. The van der Waals surface area contributed by atoms with Gasteiger partial charge >= 0.3 is 0 Å². The van der Waals surface area contributed by atoms with Crippen molar-refractivity contribution in [3.8, 4) is 0 Å². The minimum absolute atomic E-state index is 0.0940. The van der Waals surface area contributed by atoms with Gasteiger partial charge in [0.1, 0.15) is 0 Å².